The van der Waals surface area contributed by atoms with Gasteiger partial charge in [0.25, 0.3) is 0 Å². The molecule has 0 saturated carbocycles. The minimum Gasteiger partial charge on any atom is -0.403 e. The van der Waals surface area contributed by atoms with E-state index in [1.165, 1.54) is 23.5 Å². The average Bonchev–Trinajstić information content (AvgIpc) is 2.52. The van der Waals surface area contributed by atoms with Gasteiger partial charge in [0.15, 0.2) is 0 Å². The first kappa shape index (κ1) is 10.7. The number of esters is 2. The van der Waals surface area contributed by atoms with E-state index in [-0.39, 0.29) is 17.2 Å². The highest BCUT2D eigenvalue weighted by Gasteiger charge is 2.56. The van der Waals surface area contributed by atoms with E-state index in [1.807, 2.05) is 0 Å². The molecule has 3 fully saturated rings. The molecule has 0 aromatic rings. The van der Waals surface area contributed by atoms with Crippen molar-refractivity contribution in [3.8, 4) is 0 Å². The maximum atomic E-state index is 11.2. The second kappa shape index (κ2) is 3.80. The van der Waals surface area contributed by atoms with Crippen molar-refractivity contribution in [1.29, 1.82) is 0 Å². The van der Waals surface area contributed by atoms with Crippen LogP contribution in [-0.2, 0) is 19.1 Å². The fourth-order valence-corrected chi connectivity index (χ4v) is 4.98. The maximum absolute atomic E-state index is 11.2. The molecule has 3 saturated heterocycles. The van der Waals surface area contributed by atoms with E-state index >= 15 is 0 Å². The Bertz CT molecular complexity index is 319. The summed E-state index contributed by atoms with van der Waals surface area (Å²) in [4.78, 5) is 22.5. The predicted molar refractivity (Wildman–Crippen MR) is 58.3 cm³/mol. The van der Waals surface area contributed by atoms with Crippen LogP contribution < -0.4 is 10.6 Å². The molecule has 0 aromatic carbocycles. The molecule has 88 valence electrons. The van der Waals surface area contributed by atoms with Crippen LogP contribution in [0.1, 0.15) is 6.42 Å². The molecule has 3 heterocycles. The molecule has 0 bridgehead atoms. The summed E-state index contributed by atoms with van der Waals surface area (Å²) < 4.78 is 9.13. The predicted octanol–water partition coefficient (Wildman–Crippen LogP) is -0.587. The molecule has 6 nitrogen and oxygen atoms in total. The van der Waals surface area contributed by atoms with Crippen LogP contribution in [-0.4, -0.2) is 40.2 Å². The van der Waals surface area contributed by atoms with Crippen LogP contribution in [0.4, 0.5) is 0 Å². The summed E-state index contributed by atoms with van der Waals surface area (Å²) in [6, 6.07) is 0. The minimum atomic E-state index is -1.19. The lowest BCUT2D eigenvalue weighted by atomic mass is 10.4. The second-order valence-corrected chi connectivity index (χ2v) is 6.43. The molecule has 16 heavy (non-hydrogen) atoms. The Morgan fingerprint density at radius 1 is 1.06 bits per heavy atom. The molecule has 3 aliphatic heterocycles. The lowest BCUT2D eigenvalue weighted by molar-refractivity contribution is -0.193. The van der Waals surface area contributed by atoms with Gasteiger partial charge >= 0.3 is 16.4 Å². The molecule has 0 amide bonds. The van der Waals surface area contributed by atoms with Crippen LogP contribution in [0.2, 0.25) is 0 Å². The van der Waals surface area contributed by atoms with Crippen LogP contribution in [0.5, 0.6) is 0 Å². The Morgan fingerprint density at radius 3 is 2.06 bits per heavy atom. The fraction of sp³-hybridized carbons (Fsp3) is 0.750. The standard InChI is InChI=1S/C8H10N2O4S2/c11-4-3-5(12)14-8(13-4)15-6-7(16-8)10-2-1-9-6/h6-7,9-10H,1-3H2. The Morgan fingerprint density at radius 2 is 1.56 bits per heavy atom. The van der Waals surface area contributed by atoms with Crippen LogP contribution in [0.3, 0.4) is 0 Å². The van der Waals surface area contributed by atoms with Crippen LogP contribution in [0.15, 0.2) is 0 Å². The molecule has 0 aromatic heterocycles. The van der Waals surface area contributed by atoms with Gasteiger partial charge in [0.1, 0.15) is 6.42 Å². The number of ether oxygens (including phenoxy) is 2. The Balaban J connectivity index is 1.79. The average molecular weight is 262 g/mol. The van der Waals surface area contributed by atoms with E-state index in [2.05, 4.69) is 10.6 Å². The summed E-state index contributed by atoms with van der Waals surface area (Å²) in [5.41, 5.74) is 0. The van der Waals surface area contributed by atoms with Crippen molar-refractivity contribution in [2.75, 3.05) is 13.1 Å². The number of carbonyl (C=O) groups excluding carboxylic acids is 2. The first-order valence-corrected chi connectivity index (χ1v) is 6.69. The summed E-state index contributed by atoms with van der Waals surface area (Å²) in [7, 11) is 0. The molecule has 2 N–H and O–H groups in total. The van der Waals surface area contributed by atoms with Gasteiger partial charge in [-0.05, 0) is 23.5 Å². The van der Waals surface area contributed by atoms with E-state index in [1.54, 1.807) is 0 Å². The summed E-state index contributed by atoms with van der Waals surface area (Å²) in [6.45, 7) is 1.71. The van der Waals surface area contributed by atoms with Crippen molar-refractivity contribution >= 4 is 35.5 Å². The van der Waals surface area contributed by atoms with Gasteiger partial charge < -0.3 is 20.1 Å². The van der Waals surface area contributed by atoms with Gasteiger partial charge in [0, 0.05) is 13.1 Å². The fourth-order valence-electron chi connectivity index (χ4n) is 1.77. The van der Waals surface area contributed by atoms with Crippen LogP contribution in [0, 0.1) is 0 Å². The third-order valence-corrected chi connectivity index (χ3v) is 5.45. The Hall–Kier alpha value is -0.440. The molecule has 3 aliphatic rings. The largest absolute Gasteiger partial charge is 0.403 e. The van der Waals surface area contributed by atoms with Gasteiger partial charge in [0.2, 0.25) is 0 Å². The quantitative estimate of drug-likeness (QED) is 0.443. The summed E-state index contributed by atoms with van der Waals surface area (Å²) in [5.74, 6) is -1.04. The number of hydrogen-bond acceptors (Lipinski definition) is 8. The van der Waals surface area contributed by atoms with Gasteiger partial charge in [-0.1, -0.05) is 0 Å². The zero-order chi connectivity index (χ0) is 11.2. The first-order valence-electron chi connectivity index (χ1n) is 4.93. The molecule has 3 rings (SSSR count). The Labute approximate surface area is 100 Å². The third-order valence-electron chi connectivity index (χ3n) is 2.40. The summed E-state index contributed by atoms with van der Waals surface area (Å²) >= 11 is 2.66. The summed E-state index contributed by atoms with van der Waals surface area (Å²) in [6.07, 6.45) is -0.293. The lowest BCUT2D eigenvalue weighted by Crippen LogP contribution is -2.50. The normalized spacial score (nSPS) is 36.8. The van der Waals surface area contributed by atoms with E-state index < -0.39 is 16.4 Å². The molecule has 2 atom stereocenters. The first-order chi connectivity index (χ1) is 7.67. The zero-order valence-electron chi connectivity index (χ0n) is 8.23. The molecule has 2 unspecified atom stereocenters. The van der Waals surface area contributed by atoms with E-state index in [9.17, 15) is 9.59 Å². The zero-order valence-corrected chi connectivity index (χ0v) is 9.86. The lowest BCUT2D eigenvalue weighted by Gasteiger charge is -2.29. The highest BCUT2D eigenvalue weighted by molar-refractivity contribution is 8.21. The number of nitrogens with one attached hydrogen (secondary N) is 2. The SMILES string of the molecule is O=C1CC(=O)OC2(O1)SC1NCCNC1S2. The monoisotopic (exact) mass is 262 g/mol. The smallest absolute Gasteiger partial charge is 0.361 e. The van der Waals surface area contributed by atoms with Crippen LogP contribution >= 0.6 is 23.5 Å². The highest BCUT2D eigenvalue weighted by atomic mass is 32.2. The molecule has 0 radical (unpaired) electrons. The number of carbonyl (C=O) groups is 2. The molecule has 0 aliphatic carbocycles. The van der Waals surface area contributed by atoms with Gasteiger partial charge in [-0.3, -0.25) is 9.59 Å². The van der Waals surface area contributed by atoms with Crippen molar-refractivity contribution in [2.45, 2.75) is 21.6 Å². The molecular weight excluding hydrogens is 252 g/mol. The van der Waals surface area contributed by atoms with Gasteiger partial charge in [-0.15, -0.1) is 0 Å². The highest BCUT2D eigenvalue weighted by Crippen LogP contribution is 2.54. The van der Waals surface area contributed by atoms with E-state index in [0.29, 0.717) is 0 Å². The van der Waals surface area contributed by atoms with Gasteiger partial charge in [-0.2, -0.15) is 0 Å². The molecule has 8 heteroatoms. The minimum absolute atomic E-state index is 0.0949. The number of rotatable bonds is 0. The van der Waals surface area contributed by atoms with Crippen molar-refractivity contribution in [3.63, 3.8) is 0 Å². The van der Waals surface area contributed by atoms with E-state index in [4.69, 9.17) is 9.47 Å². The van der Waals surface area contributed by atoms with Crippen LogP contribution in [0.25, 0.3) is 0 Å². The van der Waals surface area contributed by atoms with Crippen molar-refractivity contribution in [3.05, 3.63) is 0 Å². The Kier molecular flexibility index (Phi) is 2.54. The number of fused-ring (bicyclic) bond motifs is 1. The number of thioether (sulfide) groups is 2. The molecule has 1 spiro atoms. The number of hydrogen-bond donors (Lipinski definition) is 2. The van der Waals surface area contributed by atoms with Gasteiger partial charge in [-0.25, -0.2) is 0 Å². The number of piperazine rings is 1. The topological polar surface area (TPSA) is 76.7 Å². The van der Waals surface area contributed by atoms with Crippen molar-refractivity contribution in [2.24, 2.45) is 0 Å². The van der Waals surface area contributed by atoms with Crippen molar-refractivity contribution < 1.29 is 19.1 Å². The summed E-state index contributed by atoms with van der Waals surface area (Å²) in [5, 5.41) is 6.75. The molecular formula is C8H10N2O4S2. The second-order valence-electron chi connectivity index (χ2n) is 3.61. The van der Waals surface area contributed by atoms with Gasteiger partial charge in [0.05, 0.1) is 10.7 Å². The maximum Gasteiger partial charge on any atom is 0.361 e. The van der Waals surface area contributed by atoms with Crippen molar-refractivity contribution in [1.82, 2.24) is 10.6 Å². The third kappa shape index (κ3) is 1.79. The van der Waals surface area contributed by atoms with E-state index in [0.717, 1.165) is 13.1 Å².